The van der Waals surface area contributed by atoms with Gasteiger partial charge in [0.2, 0.25) is 11.8 Å². The predicted octanol–water partition coefficient (Wildman–Crippen LogP) is 1.29. The van der Waals surface area contributed by atoms with E-state index in [4.69, 9.17) is 4.74 Å². The summed E-state index contributed by atoms with van der Waals surface area (Å²) < 4.78 is 29.9. The summed E-state index contributed by atoms with van der Waals surface area (Å²) in [6.45, 7) is 7.13. The number of hydrogen-bond acceptors (Lipinski definition) is 6. The molecular weight excluding hydrogens is 430 g/mol. The lowest BCUT2D eigenvalue weighted by atomic mass is 9.94. The summed E-state index contributed by atoms with van der Waals surface area (Å²) in [6, 6.07) is 0.0187. The number of piperidine rings is 1. The first-order chi connectivity index (χ1) is 15.2. The Morgan fingerprint density at radius 2 is 1.56 bits per heavy atom. The van der Waals surface area contributed by atoms with Gasteiger partial charge in [-0.3, -0.25) is 14.5 Å². The van der Waals surface area contributed by atoms with E-state index in [1.165, 1.54) is 0 Å². The smallest absolute Gasteiger partial charge is 0.237 e. The first-order valence-corrected chi connectivity index (χ1v) is 14.2. The number of nitrogens with zero attached hydrogens (tertiary/aromatic N) is 3. The molecule has 9 heteroatoms. The maximum atomic E-state index is 13.3. The highest BCUT2D eigenvalue weighted by Crippen LogP contribution is 2.30. The molecule has 0 spiro atoms. The normalized spacial score (nSPS) is 32.3. The summed E-state index contributed by atoms with van der Waals surface area (Å²) in [5.41, 5.74) is 0. The van der Waals surface area contributed by atoms with E-state index >= 15 is 0 Å². The molecule has 4 rings (SSSR count). The lowest BCUT2D eigenvalue weighted by Crippen LogP contribution is -2.53. The number of sulfone groups is 1. The molecule has 0 radical (unpaired) electrons. The number of amides is 2. The molecule has 182 valence electrons. The van der Waals surface area contributed by atoms with Gasteiger partial charge >= 0.3 is 0 Å². The first kappa shape index (κ1) is 24.0. The second-order valence-corrected chi connectivity index (χ2v) is 12.6. The van der Waals surface area contributed by atoms with Gasteiger partial charge in [0.1, 0.15) is 0 Å². The fourth-order valence-electron chi connectivity index (χ4n) is 6.11. The SMILES string of the molecule is C[C@@H]1CN(C(=O)C2CCN(CC(=O)N(C3CCCC3)[C@@H]3CCS(=O)(=O)C3)CC2)C[C@@H](C)O1. The summed E-state index contributed by atoms with van der Waals surface area (Å²) in [4.78, 5) is 32.4. The first-order valence-electron chi connectivity index (χ1n) is 12.4. The molecule has 0 bridgehead atoms. The van der Waals surface area contributed by atoms with Gasteiger partial charge in [-0.2, -0.15) is 0 Å². The molecular formula is C23H39N3O5S. The Balaban J connectivity index is 1.31. The highest BCUT2D eigenvalue weighted by atomic mass is 32.2. The van der Waals surface area contributed by atoms with Crippen molar-refractivity contribution in [2.24, 2.45) is 5.92 Å². The Labute approximate surface area is 192 Å². The Hall–Kier alpha value is -1.19. The summed E-state index contributed by atoms with van der Waals surface area (Å²) in [5.74, 6) is 0.619. The topological polar surface area (TPSA) is 87.2 Å². The zero-order valence-electron chi connectivity index (χ0n) is 19.6. The lowest BCUT2D eigenvalue weighted by molar-refractivity contribution is -0.149. The van der Waals surface area contributed by atoms with Crippen molar-refractivity contribution < 1.29 is 22.7 Å². The number of morpholine rings is 1. The summed E-state index contributed by atoms with van der Waals surface area (Å²) in [6.07, 6.45) is 6.44. The van der Waals surface area contributed by atoms with Crippen LogP contribution in [-0.4, -0.2) is 103 Å². The monoisotopic (exact) mass is 469 g/mol. The van der Waals surface area contributed by atoms with Crippen LogP contribution in [0.15, 0.2) is 0 Å². The number of rotatable bonds is 5. The van der Waals surface area contributed by atoms with Crippen LogP contribution in [0.1, 0.15) is 58.8 Å². The fourth-order valence-corrected chi connectivity index (χ4v) is 7.82. The quantitative estimate of drug-likeness (QED) is 0.603. The van der Waals surface area contributed by atoms with Crippen molar-refractivity contribution in [3.8, 4) is 0 Å². The molecule has 4 aliphatic rings. The second kappa shape index (κ2) is 9.97. The van der Waals surface area contributed by atoms with E-state index in [0.29, 0.717) is 26.1 Å². The van der Waals surface area contributed by atoms with Crippen LogP contribution in [0, 0.1) is 5.92 Å². The Morgan fingerprint density at radius 1 is 0.938 bits per heavy atom. The van der Waals surface area contributed by atoms with Crippen LogP contribution < -0.4 is 0 Å². The molecule has 2 amide bonds. The highest BCUT2D eigenvalue weighted by molar-refractivity contribution is 7.91. The Morgan fingerprint density at radius 3 is 2.12 bits per heavy atom. The maximum absolute atomic E-state index is 13.3. The van der Waals surface area contributed by atoms with Crippen molar-refractivity contribution in [1.82, 2.24) is 14.7 Å². The molecule has 3 saturated heterocycles. The van der Waals surface area contributed by atoms with Crippen LogP contribution in [0.25, 0.3) is 0 Å². The molecule has 1 aliphatic carbocycles. The minimum Gasteiger partial charge on any atom is -0.372 e. The van der Waals surface area contributed by atoms with Crippen molar-refractivity contribution in [3.63, 3.8) is 0 Å². The fraction of sp³-hybridized carbons (Fsp3) is 0.913. The third kappa shape index (κ3) is 5.65. The van der Waals surface area contributed by atoms with Gasteiger partial charge < -0.3 is 14.5 Å². The summed E-state index contributed by atoms with van der Waals surface area (Å²) in [7, 11) is -3.03. The van der Waals surface area contributed by atoms with E-state index in [0.717, 1.165) is 51.6 Å². The van der Waals surface area contributed by atoms with Crippen molar-refractivity contribution in [2.75, 3.05) is 44.2 Å². The molecule has 0 N–H and O–H groups in total. The zero-order valence-corrected chi connectivity index (χ0v) is 20.4. The largest absolute Gasteiger partial charge is 0.372 e. The maximum Gasteiger partial charge on any atom is 0.237 e. The molecule has 0 aromatic carbocycles. The Bertz CT molecular complexity index is 779. The number of hydrogen-bond donors (Lipinski definition) is 0. The van der Waals surface area contributed by atoms with E-state index in [1.54, 1.807) is 0 Å². The van der Waals surface area contributed by atoms with Crippen LogP contribution >= 0.6 is 0 Å². The highest BCUT2D eigenvalue weighted by Gasteiger charge is 2.40. The molecule has 8 nitrogen and oxygen atoms in total. The van der Waals surface area contributed by atoms with Crippen molar-refractivity contribution in [3.05, 3.63) is 0 Å². The van der Waals surface area contributed by atoms with Gasteiger partial charge in [-0.25, -0.2) is 8.42 Å². The predicted molar refractivity (Wildman–Crippen MR) is 122 cm³/mol. The number of carbonyl (C=O) groups excluding carboxylic acids is 2. The van der Waals surface area contributed by atoms with E-state index < -0.39 is 9.84 Å². The van der Waals surface area contributed by atoms with E-state index in [9.17, 15) is 18.0 Å². The molecule has 1 saturated carbocycles. The van der Waals surface area contributed by atoms with Crippen LogP contribution in [0.3, 0.4) is 0 Å². The van der Waals surface area contributed by atoms with Gasteiger partial charge in [0, 0.05) is 31.1 Å². The van der Waals surface area contributed by atoms with Crippen molar-refractivity contribution >= 4 is 21.7 Å². The molecule has 3 heterocycles. The van der Waals surface area contributed by atoms with Crippen LogP contribution in [-0.2, 0) is 24.2 Å². The molecule has 3 aliphatic heterocycles. The third-order valence-corrected chi connectivity index (χ3v) is 9.39. The van der Waals surface area contributed by atoms with Crippen LogP contribution in [0.4, 0.5) is 0 Å². The van der Waals surface area contributed by atoms with E-state index in [1.807, 2.05) is 23.6 Å². The molecule has 4 fully saturated rings. The minimum atomic E-state index is -3.03. The minimum absolute atomic E-state index is 0.0183. The van der Waals surface area contributed by atoms with Crippen molar-refractivity contribution in [2.45, 2.75) is 83.1 Å². The molecule has 3 atom stereocenters. The second-order valence-electron chi connectivity index (χ2n) is 10.3. The lowest BCUT2D eigenvalue weighted by Gasteiger charge is -2.40. The molecule has 0 unspecified atom stereocenters. The van der Waals surface area contributed by atoms with Gasteiger partial charge in [-0.1, -0.05) is 12.8 Å². The summed E-state index contributed by atoms with van der Waals surface area (Å²) >= 11 is 0. The van der Waals surface area contributed by atoms with Crippen molar-refractivity contribution in [1.29, 1.82) is 0 Å². The molecule has 0 aromatic rings. The van der Waals surface area contributed by atoms with E-state index in [-0.39, 0.29) is 53.5 Å². The standard InChI is InChI=1S/C23H39N3O5S/c1-17-13-25(14-18(2)31-17)23(28)19-7-10-24(11-8-19)15-22(27)26(20-5-3-4-6-20)21-9-12-32(29,30)16-21/h17-21H,3-16H2,1-2H3/t17-,18-,21-/m1/s1. The zero-order chi connectivity index (χ0) is 22.9. The van der Waals surface area contributed by atoms with Gasteiger partial charge in [0.05, 0.1) is 30.3 Å². The van der Waals surface area contributed by atoms with Gasteiger partial charge in [-0.05, 0) is 59.0 Å². The van der Waals surface area contributed by atoms with Gasteiger partial charge in [0.25, 0.3) is 0 Å². The average Bonchev–Trinajstić information content (AvgIpc) is 3.37. The Kier molecular flexibility index (Phi) is 7.46. The third-order valence-electron chi connectivity index (χ3n) is 7.63. The van der Waals surface area contributed by atoms with Gasteiger partial charge in [0.15, 0.2) is 9.84 Å². The van der Waals surface area contributed by atoms with Crippen LogP contribution in [0.5, 0.6) is 0 Å². The average molecular weight is 470 g/mol. The molecule has 0 aromatic heterocycles. The number of carbonyl (C=O) groups is 2. The van der Waals surface area contributed by atoms with E-state index in [2.05, 4.69) is 4.90 Å². The summed E-state index contributed by atoms with van der Waals surface area (Å²) in [5, 5.41) is 0. The number of likely N-dealkylation sites (tertiary alicyclic amines) is 1. The molecule has 32 heavy (non-hydrogen) atoms. The number of ether oxygens (including phenoxy) is 1. The van der Waals surface area contributed by atoms with Gasteiger partial charge in [-0.15, -0.1) is 0 Å². The van der Waals surface area contributed by atoms with Crippen LogP contribution in [0.2, 0.25) is 0 Å².